The van der Waals surface area contributed by atoms with Gasteiger partial charge in [-0.05, 0) is 36.4 Å². The summed E-state index contributed by atoms with van der Waals surface area (Å²) in [5, 5.41) is 16.2. The van der Waals surface area contributed by atoms with E-state index in [0.29, 0.717) is 6.04 Å². The fraction of sp³-hybridized carbons (Fsp3) is 0.333. The Bertz CT molecular complexity index is 538. The molecule has 0 spiro atoms. The van der Waals surface area contributed by atoms with Gasteiger partial charge in [0.15, 0.2) is 0 Å². The molecule has 0 bridgehead atoms. The summed E-state index contributed by atoms with van der Waals surface area (Å²) in [7, 11) is 0. The van der Waals surface area contributed by atoms with Gasteiger partial charge in [-0.15, -0.1) is 11.3 Å². The molecule has 1 heterocycles. The Kier molecular flexibility index (Phi) is 5.26. The molecule has 1 aromatic heterocycles. The lowest BCUT2D eigenvalue weighted by Crippen LogP contribution is -2.22. The molecule has 106 valence electrons. The van der Waals surface area contributed by atoms with Crippen LogP contribution in [0.3, 0.4) is 0 Å². The van der Waals surface area contributed by atoms with Crippen molar-refractivity contribution < 1.29 is 4.92 Å². The maximum atomic E-state index is 10.6. The molecule has 20 heavy (non-hydrogen) atoms. The van der Waals surface area contributed by atoms with E-state index in [1.807, 2.05) is 12.1 Å². The summed E-state index contributed by atoms with van der Waals surface area (Å²) in [6.45, 7) is 3.04. The Morgan fingerprint density at radius 2 is 2.05 bits per heavy atom. The van der Waals surface area contributed by atoms with Crippen LogP contribution < -0.4 is 5.32 Å². The fourth-order valence-corrected chi connectivity index (χ4v) is 3.00. The van der Waals surface area contributed by atoms with Crippen molar-refractivity contribution in [2.24, 2.45) is 0 Å². The largest absolute Gasteiger partial charge is 0.309 e. The van der Waals surface area contributed by atoms with Gasteiger partial charge in [-0.25, -0.2) is 0 Å². The van der Waals surface area contributed by atoms with Crippen molar-refractivity contribution in [1.29, 1.82) is 0 Å². The topological polar surface area (TPSA) is 55.2 Å². The number of benzene rings is 1. The number of nitrogens with zero attached hydrogens (tertiary/aromatic N) is 1. The number of rotatable bonds is 7. The second kappa shape index (κ2) is 7.17. The number of nitro groups is 1. The molecule has 2 rings (SSSR count). The monoisotopic (exact) mass is 290 g/mol. The zero-order chi connectivity index (χ0) is 14.4. The summed E-state index contributed by atoms with van der Waals surface area (Å²) in [6, 6.07) is 11.4. The first-order valence-electron chi connectivity index (χ1n) is 6.71. The van der Waals surface area contributed by atoms with E-state index in [-0.39, 0.29) is 10.6 Å². The Morgan fingerprint density at radius 1 is 1.30 bits per heavy atom. The molecule has 4 nitrogen and oxygen atoms in total. The predicted molar refractivity (Wildman–Crippen MR) is 82.2 cm³/mol. The Labute approximate surface area is 122 Å². The van der Waals surface area contributed by atoms with Crippen LogP contribution in [0.25, 0.3) is 0 Å². The molecule has 0 aliphatic heterocycles. The van der Waals surface area contributed by atoms with E-state index in [0.717, 1.165) is 24.9 Å². The first-order valence-corrected chi connectivity index (χ1v) is 7.58. The molecule has 1 atom stereocenters. The van der Waals surface area contributed by atoms with Crippen molar-refractivity contribution in [3.05, 3.63) is 62.3 Å². The summed E-state index contributed by atoms with van der Waals surface area (Å²) >= 11 is 1.77. The van der Waals surface area contributed by atoms with Gasteiger partial charge < -0.3 is 5.32 Å². The average Bonchev–Trinajstić information content (AvgIpc) is 2.98. The van der Waals surface area contributed by atoms with Crippen LogP contribution >= 0.6 is 11.3 Å². The summed E-state index contributed by atoms with van der Waals surface area (Å²) in [5.41, 5.74) is 1.26. The van der Waals surface area contributed by atoms with Crippen LogP contribution in [0.1, 0.15) is 29.8 Å². The summed E-state index contributed by atoms with van der Waals surface area (Å²) in [5.74, 6) is 0. The highest BCUT2D eigenvalue weighted by Gasteiger charge is 2.09. The normalized spacial score (nSPS) is 12.2. The molecule has 5 heteroatoms. The van der Waals surface area contributed by atoms with Crippen LogP contribution in [0, 0.1) is 10.1 Å². The van der Waals surface area contributed by atoms with Crippen LogP contribution in [0.5, 0.6) is 0 Å². The summed E-state index contributed by atoms with van der Waals surface area (Å²) in [6.07, 6.45) is 1.93. The second-order valence-electron chi connectivity index (χ2n) is 4.60. The minimum atomic E-state index is -0.369. The third-order valence-electron chi connectivity index (χ3n) is 3.25. The number of hydrogen-bond acceptors (Lipinski definition) is 4. The number of nitrogens with one attached hydrogen (secondary N) is 1. The lowest BCUT2D eigenvalue weighted by Gasteiger charge is -2.15. The highest BCUT2D eigenvalue weighted by atomic mass is 32.1. The first-order chi connectivity index (χ1) is 9.70. The molecule has 0 aliphatic carbocycles. The predicted octanol–water partition coefficient (Wildman–Crippen LogP) is 3.94. The molecule has 0 aliphatic rings. The smallest absolute Gasteiger partial charge is 0.269 e. The zero-order valence-electron chi connectivity index (χ0n) is 11.4. The minimum absolute atomic E-state index is 0.145. The maximum absolute atomic E-state index is 10.6. The van der Waals surface area contributed by atoms with Crippen molar-refractivity contribution in [1.82, 2.24) is 5.32 Å². The second-order valence-corrected chi connectivity index (χ2v) is 5.58. The molecular weight excluding hydrogens is 272 g/mol. The van der Waals surface area contributed by atoms with Crippen molar-refractivity contribution in [2.45, 2.75) is 25.8 Å². The molecule has 1 N–H and O–H groups in total. The van der Waals surface area contributed by atoms with Crippen LogP contribution in [-0.2, 0) is 6.42 Å². The van der Waals surface area contributed by atoms with Crippen molar-refractivity contribution in [3.8, 4) is 0 Å². The van der Waals surface area contributed by atoms with Gasteiger partial charge in [0.2, 0.25) is 0 Å². The van der Waals surface area contributed by atoms with Gasteiger partial charge >= 0.3 is 0 Å². The van der Waals surface area contributed by atoms with Crippen molar-refractivity contribution in [3.63, 3.8) is 0 Å². The lowest BCUT2D eigenvalue weighted by atomic mass is 10.1. The molecule has 0 radical (unpaired) electrons. The standard InChI is InChI=1S/C15H18N2O2S/c1-2-14(15-4-3-11-20-15)16-10-9-12-5-7-13(8-6-12)17(18)19/h3-8,11,14,16H,2,9-10H2,1H3. The molecule has 0 saturated carbocycles. The number of thiophene rings is 1. The van der Waals surface area contributed by atoms with Gasteiger partial charge in [-0.1, -0.05) is 25.1 Å². The average molecular weight is 290 g/mol. The number of hydrogen-bond donors (Lipinski definition) is 1. The van der Waals surface area contributed by atoms with Gasteiger partial charge in [0, 0.05) is 23.1 Å². The van der Waals surface area contributed by atoms with Gasteiger partial charge in [0.25, 0.3) is 5.69 Å². The molecular formula is C15H18N2O2S. The highest BCUT2D eigenvalue weighted by Crippen LogP contribution is 2.21. The van der Waals surface area contributed by atoms with E-state index < -0.39 is 0 Å². The van der Waals surface area contributed by atoms with E-state index in [1.165, 1.54) is 4.88 Å². The molecule has 1 aromatic carbocycles. The van der Waals surface area contributed by atoms with Crippen LogP contribution in [0.4, 0.5) is 5.69 Å². The number of nitro benzene ring substituents is 1. The quantitative estimate of drug-likeness (QED) is 0.620. The van der Waals surface area contributed by atoms with Crippen LogP contribution in [0.15, 0.2) is 41.8 Å². The zero-order valence-corrected chi connectivity index (χ0v) is 12.2. The highest BCUT2D eigenvalue weighted by molar-refractivity contribution is 7.10. The van der Waals surface area contributed by atoms with E-state index in [4.69, 9.17) is 0 Å². The van der Waals surface area contributed by atoms with Gasteiger partial charge in [-0.2, -0.15) is 0 Å². The van der Waals surface area contributed by atoms with Gasteiger partial charge in [-0.3, -0.25) is 10.1 Å². The summed E-state index contributed by atoms with van der Waals surface area (Å²) in [4.78, 5) is 11.6. The molecule has 0 amide bonds. The first kappa shape index (κ1) is 14.7. The van der Waals surface area contributed by atoms with Gasteiger partial charge in [0.1, 0.15) is 0 Å². The van der Waals surface area contributed by atoms with Crippen molar-refractivity contribution >= 4 is 17.0 Å². The van der Waals surface area contributed by atoms with E-state index in [2.05, 4.69) is 29.8 Å². The lowest BCUT2D eigenvalue weighted by molar-refractivity contribution is -0.384. The third kappa shape index (κ3) is 3.88. The third-order valence-corrected chi connectivity index (χ3v) is 4.23. The van der Waals surface area contributed by atoms with Crippen LogP contribution in [0.2, 0.25) is 0 Å². The van der Waals surface area contributed by atoms with E-state index in [9.17, 15) is 10.1 Å². The summed E-state index contributed by atoms with van der Waals surface area (Å²) < 4.78 is 0. The Balaban J connectivity index is 1.84. The van der Waals surface area contributed by atoms with Gasteiger partial charge in [0.05, 0.1) is 4.92 Å². The van der Waals surface area contributed by atoms with E-state index in [1.54, 1.807) is 23.5 Å². The molecule has 0 saturated heterocycles. The van der Waals surface area contributed by atoms with Crippen molar-refractivity contribution in [2.75, 3.05) is 6.54 Å². The Morgan fingerprint density at radius 3 is 2.60 bits per heavy atom. The molecule has 1 unspecified atom stereocenters. The molecule has 2 aromatic rings. The van der Waals surface area contributed by atoms with Crippen LogP contribution in [-0.4, -0.2) is 11.5 Å². The Hall–Kier alpha value is -1.72. The maximum Gasteiger partial charge on any atom is 0.269 e. The van der Waals surface area contributed by atoms with E-state index >= 15 is 0 Å². The SMILES string of the molecule is CCC(NCCc1ccc([N+](=O)[O-])cc1)c1cccs1. The molecule has 0 fully saturated rings. The minimum Gasteiger partial charge on any atom is -0.309 e. The number of non-ortho nitro benzene ring substituents is 1. The fourth-order valence-electron chi connectivity index (χ4n) is 2.11.